The van der Waals surface area contributed by atoms with Crippen LogP contribution >= 0.6 is 11.6 Å². The van der Waals surface area contributed by atoms with Crippen LogP contribution in [0.3, 0.4) is 0 Å². The lowest BCUT2D eigenvalue weighted by Crippen LogP contribution is -2.30. The Labute approximate surface area is 152 Å². The zero-order chi connectivity index (χ0) is 18.2. The first-order valence-corrected chi connectivity index (χ1v) is 8.28. The maximum absolute atomic E-state index is 11.9. The molecule has 130 valence electrons. The number of benzene rings is 2. The number of amides is 1. The molecule has 1 amide bonds. The molecule has 2 aromatic rings. The lowest BCUT2D eigenvalue weighted by Gasteiger charge is -2.14. The summed E-state index contributed by atoms with van der Waals surface area (Å²) in [5, 5.41) is 3.40. The summed E-state index contributed by atoms with van der Waals surface area (Å²) in [7, 11) is 0. The second-order valence-electron chi connectivity index (χ2n) is 5.70. The fraction of sp³-hybridized carbons (Fsp3) is 0.200. The molecule has 0 aromatic heterocycles. The SMILES string of the molecule is Cc1cccc(/C=C/C(=O)OCC(=O)N[C@@H](C)c2ccc(Cl)cc2)c1. The molecule has 0 bridgehead atoms. The average molecular weight is 358 g/mol. The van der Waals surface area contributed by atoms with Gasteiger partial charge in [-0.05, 0) is 43.2 Å². The molecule has 0 fully saturated rings. The van der Waals surface area contributed by atoms with Crippen LogP contribution in [0.15, 0.2) is 54.6 Å². The first kappa shape index (κ1) is 18.7. The fourth-order valence-corrected chi connectivity index (χ4v) is 2.37. The molecule has 0 heterocycles. The molecule has 4 nitrogen and oxygen atoms in total. The van der Waals surface area contributed by atoms with Gasteiger partial charge in [-0.1, -0.05) is 53.6 Å². The van der Waals surface area contributed by atoms with E-state index in [9.17, 15) is 9.59 Å². The number of ether oxygens (including phenoxy) is 1. The van der Waals surface area contributed by atoms with Gasteiger partial charge in [0.15, 0.2) is 6.61 Å². The molecule has 25 heavy (non-hydrogen) atoms. The third kappa shape index (κ3) is 6.43. The summed E-state index contributed by atoms with van der Waals surface area (Å²) in [6.45, 7) is 3.50. The van der Waals surface area contributed by atoms with Crippen LogP contribution in [-0.4, -0.2) is 18.5 Å². The molecule has 0 aliphatic heterocycles. The molecular weight excluding hydrogens is 338 g/mol. The molecule has 0 unspecified atom stereocenters. The van der Waals surface area contributed by atoms with Gasteiger partial charge in [0.2, 0.25) is 0 Å². The summed E-state index contributed by atoms with van der Waals surface area (Å²) in [5.74, 6) is -0.921. The third-order valence-corrected chi connectivity index (χ3v) is 3.80. The van der Waals surface area contributed by atoms with Crippen LogP contribution in [0.1, 0.15) is 29.7 Å². The van der Waals surface area contributed by atoms with Crippen LogP contribution in [0.4, 0.5) is 0 Å². The molecule has 0 aliphatic carbocycles. The smallest absolute Gasteiger partial charge is 0.331 e. The van der Waals surface area contributed by atoms with Crippen LogP contribution in [0.25, 0.3) is 6.08 Å². The van der Waals surface area contributed by atoms with Crippen LogP contribution in [0.5, 0.6) is 0 Å². The van der Waals surface area contributed by atoms with E-state index in [0.29, 0.717) is 5.02 Å². The van der Waals surface area contributed by atoms with Gasteiger partial charge < -0.3 is 10.1 Å². The Hall–Kier alpha value is -2.59. The summed E-state index contributed by atoms with van der Waals surface area (Å²) in [4.78, 5) is 23.6. The highest BCUT2D eigenvalue weighted by Gasteiger charge is 2.11. The number of aryl methyl sites for hydroxylation is 1. The number of rotatable bonds is 6. The van der Waals surface area contributed by atoms with Crippen LogP contribution in [0, 0.1) is 6.92 Å². The normalized spacial score (nSPS) is 12.0. The second-order valence-corrected chi connectivity index (χ2v) is 6.13. The molecule has 0 spiro atoms. The van der Waals surface area contributed by atoms with Crippen LogP contribution in [0.2, 0.25) is 5.02 Å². The standard InChI is InChI=1S/C20H20ClNO3/c1-14-4-3-5-16(12-14)6-11-20(24)25-13-19(23)22-15(2)17-7-9-18(21)10-8-17/h3-12,15H,13H2,1-2H3,(H,22,23)/b11-6+/t15-/m0/s1. The molecule has 0 saturated carbocycles. The maximum atomic E-state index is 11.9. The quantitative estimate of drug-likeness (QED) is 0.626. The van der Waals surface area contributed by atoms with Crippen molar-refractivity contribution in [2.24, 2.45) is 0 Å². The van der Waals surface area contributed by atoms with Crippen molar-refractivity contribution >= 4 is 29.6 Å². The van der Waals surface area contributed by atoms with E-state index in [1.807, 2.05) is 50.2 Å². The summed E-state index contributed by atoms with van der Waals surface area (Å²) in [6.07, 6.45) is 2.97. The van der Waals surface area contributed by atoms with Gasteiger partial charge in [0.05, 0.1) is 6.04 Å². The van der Waals surface area contributed by atoms with Crippen molar-refractivity contribution in [1.82, 2.24) is 5.32 Å². The average Bonchev–Trinajstić information content (AvgIpc) is 2.58. The minimum atomic E-state index is -0.559. The molecule has 1 N–H and O–H groups in total. The topological polar surface area (TPSA) is 55.4 Å². The van der Waals surface area contributed by atoms with Crippen molar-refractivity contribution in [2.75, 3.05) is 6.61 Å². The number of hydrogen-bond acceptors (Lipinski definition) is 3. The van der Waals surface area contributed by atoms with Crippen molar-refractivity contribution in [3.05, 3.63) is 76.3 Å². The van der Waals surface area contributed by atoms with Gasteiger partial charge in [-0.2, -0.15) is 0 Å². The highest BCUT2D eigenvalue weighted by molar-refractivity contribution is 6.30. The number of carbonyl (C=O) groups excluding carboxylic acids is 2. The minimum absolute atomic E-state index is 0.202. The van der Waals surface area contributed by atoms with E-state index in [4.69, 9.17) is 16.3 Å². The number of hydrogen-bond donors (Lipinski definition) is 1. The predicted molar refractivity (Wildman–Crippen MR) is 99.2 cm³/mol. The Morgan fingerprint density at radius 2 is 1.92 bits per heavy atom. The first-order chi connectivity index (χ1) is 11.9. The molecule has 1 atom stereocenters. The maximum Gasteiger partial charge on any atom is 0.331 e. The van der Waals surface area contributed by atoms with E-state index >= 15 is 0 Å². The van der Waals surface area contributed by atoms with Gasteiger partial charge in [-0.15, -0.1) is 0 Å². The Kier molecular flexibility index (Phi) is 6.78. The second kappa shape index (κ2) is 9.04. The van der Waals surface area contributed by atoms with Gasteiger partial charge in [0, 0.05) is 11.1 Å². The molecule has 5 heteroatoms. The van der Waals surface area contributed by atoms with E-state index in [0.717, 1.165) is 16.7 Å². The first-order valence-electron chi connectivity index (χ1n) is 7.90. The number of halogens is 1. The number of carbonyl (C=O) groups is 2. The van der Waals surface area contributed by atoms with Gasteiger partial charge in [-0.3, -0.25) is 4.79 Å². The van der Waals surface area contributed by atoms with Gasteiger partial charge in [0.1, 0.15) is 0 Å². The number of esters is 1. The number of nitrogens with one attached hydrogen (secondary N) is 1. The molecule has 0 saturated heterocycles. The Morgan fingerprint density at radius 1 is 1.20 bits per heavy atom. The lowest BCUT2D eigenvalue weighted by atomic mass is 10.1. The predicted octanol–water partition coefficient (Wildman–Crippen LogP) is 4.08. The fourth-order valence-electron chi connectivity index (χ4n) is 2.24. The summed E-state index contributed by atoms with van der Waals surface area (Å²) < 4.78 is 4.95. The molecule has 2 rings (SSSR count). The van der Waals surface area contributed by atoms with Gasteiger partial charge >= 0.3 is 5.97 Å². The van der Waals surface area contributed by atoms with E-state index in [1.165, 1.54) is 6.08 Å². The molecule has 0 aliphatic rings. The summed E-state index contributed by atoms with van der Waals surface area (Å²) >= 11 is 5.84. The van der Waals surface area contributed by atoms with E-state index in [2.05, 4.69) is 5.32 Å². The van der Waals surface area contributed by atoms with Gasteiger partial charge in [-0.25, -0.2) is 4.79 Å². The largest absolute Gasteiger partial charge is 0.452 e. The Morgan fingerprint density at radius 3 is 2.60 bits per heavy atom. The lowest BCUT2D eigenvalue weighted by molar-refractivity contribution is -0.144. The monoisotopic (exact) mass is 357 g/mol. The van der Waals surface area contributed by atoms with Crippen molar-refractivity contribution in [1.29, 1.82) is 0 Å². The van der Waals surface area contributed by atoms with Crippen LogP contribution in [-0.2, 0) is 14.3 Å². The molecule has 2 aromatic carbocycles. The highest BCUT2D eigenvalue weighted by Crippen LogP contribution is 2.15. The highest BCUT2D eigenvalue weighted by atomic mass is 35.5. The summed E-state index contributed by atoms with van der Waals surface area (Å²) in [5.41, 5.74) is 2.92. The Balaban J connectivity index is 1.79. The van der Waals surface area contributed by atoms with E-state index in [-0.39, 0.29) is 18.6 Å². The van der Waals surface area contributed by atoms with Crippen molar-refractivity contribution < 1.29 is 14.3 Å². The van der Waals surface area contributed by atoms with Crippen molar-refractivity contribution in [2.45, 2.75) is 19.9 Å². The third-order valence-electron chi connectivity index (χ3n) is 3.55. The molecule has 0 radical (unpaired) electrons. The van der Waals surface area contributed by atoms with E-state index in [1.54, 1.807) is 18.2 Å². The van der Waals surface area contributed by atoms with E-state index < -0.39 is 5.97 Å². The summed E-state index contributed by atoms with van der Waals surface area (Å²) in [6, 6.07) is 14.7. The zero-order valence-corrected chi connectivity index (χ0v) is 14.9. The van der Waals surface area contributed by atoms with Crippen molar-refractivity contribution in [3.8, 4) is 0 Å². The molecular formula is C20H20ClNO3. The van der Waals surface area contributed by atoms with Gasteiger partial charge in [0.25, 0.3) is 5.91 Å². The van der Waals surface area contributed by atoms with Crippen LogP contribution < -0.4 is 5.32 Å². The van der Waals surface area contributed by atoms with Crippen molar-refractivity contribution in [3.63, 3.8) is 0 Å². The zero-order valence-electron chi connectivity index (χ0n) is 14.2. The minimum Gasteiger partial charge on any atom is -0.452 e. The Bertz CT molecular complexity index is 769.